The van der Waals surface area contributed by atoms with Gasteiger partial charge >= 0.3 is 5.97 Å². The third-order valence-corrected chi connectivity index (χ3v) is 22.9. The number of hydrogen-bond donors (Lipinski definition) is 17. The summed E-state index contributed by atoms with van der Waals surface area (Å²) in [6.45, 7) is 25.5. The van der Waals surface area contributed by atoms with Crippen LogP contribution in [0.5, 0.6) is 0 Å². The molecule has 598 valence electrons. The molecule has 111 heavy (non-hydrogen) atoms. The van der Waals surface area contributed by atoms with E-state index in [2.05, 4.69) is 87.9 Å². The SMILES string of the molecule is C=C(NC(=O)C(=C)NC(=O)c1csc(C2=N[C@H](c3csc([C@@H](NC)[C@@H](C)OC(=O)c4cc([C@H](C)O)c5c(n4)[C@@H](O)[C@H](N[C@H](C(=O)N[C@@H](C)C(=O)NC(=C)C(=O)N[C@@H](C)C=O)[C@@H](C)CC)C=C5)n3)C(c3nc(C(=O)N[C@H](C(=O)N/C(=C\C)C4=N[C@@H](C(=O)NC(C(=N)SC)[C@](C)(O)[C@@H](C)O)CS4)[C@@H](C)O)cs3)CC2)n1)C(N)=O. The lowest BCUT2D eigenvalue weighted by atomic mass is 9.89. The third-order valence-electron chi connectivity index (χ3n) is 18.3. The number of amides is 9. The topological polar surface area (TPSA) is 545 Å². The van der Waals surface area contributed by atoms with E-state index in [0.717, 1.165) is 46.2 Å². The molecule has 17 atom stereocenters. The van der Waals surface area contributed by atoms with E-state index < -0.39 is 173 Å². The smallest absolute Gasteiger partial charge is 0.357 e. The van der Waals surface area contributed by atoms with Crippen LogP contribution in [0.1, 0.15) is 188 Å². The Morgan fingerprint density at radius 1 is 0.802 bits per heavy atom. The first-order valence-corrected chi connectivity index (χ1v) is 39.7. The second-order valence-corrected chi connectivity index (χ2v) is 31.1. The van der Waals surface area contributed by atoms with Crippen LogP contribution in [0.25, 0.3) is 6.08 Å². The van der Waals surface area contributed by atoms with Gasteiger partial charge in [0.2, 0.25) is 23.6 Å². The normalized spacial score (nSPS) is 20.2. The van der Waals surface area contributed by atoms with E-state index in [1.807, 2.05) is 6.92 Å². The lowest BCUT2D eigenvalue weighted by Crippen LogP contribution is -2.60. The Balaban J connectivity index is 1.12. The van der Waals surface area contributed by atoms with Gasteiger partial charge in [-0.1, -0.05) is 58.2 Å². The number of ether oxygens (including phenoxy) is 1. The molecule has 35 nitrogen and oxygen atoms in total. The Bertz CT molecular complexity index is 4410. The van der Waals surface area contributed by atoms with Gasteiger partial charge in [0.05, 0.1) is 92.4 Å². The summed E-state index contributed by atoms with van der Waals surface area (Å²) in [6.07, 6.45) is 1.26. The summed E-state index contributed by atoms with van der Waals surface area (Å²) in [6, 6.07) is -8.30. The van der Waals surface area contributed by atoms with Crippen molar-refractivity contribution in [3.05, 3.63) is 132 Å². The number of nitrogens with two attached hydrogens (primary N) is 1. The number of thioether (sulfide) groups is 2. The predicted octanol–water partition coefficient (Wildman–Crippen LogP) is 1.72. The summed E-state index contributed by atoms with van der Waals surface area (Å²) in [4.78, 5) is 173. The molecule has 0 fully saturated rings. The molecule has 4 aromatic heterocycles. The Hall–Kier alpha value is -9.46. The number of pyridine rings is 1. The quantitative estimate of drug-likeness (QED) is 0.0101. The van der Waals surface area contributed by atoms with Crippen LogP contribution in [0.3, 0.4) is 0 Å². The summed E-state index contributed by atoms with van der Waals surface area (Å²) < 4.78 is 6.10. The highest BCUT2D eigenvalue weighted by molar-refractivity contribution is 8.14. The number of aldehydes is 1. The number of nitrogens with one attached hydrogen (secondary N) is 11. The lowest BCUT2D eigenvalue weighted by molar-refractivity contribution is -0.130. The van der Waals surface area contributed by atoms with Gasteiger partial charge in [-0.15, -0.1) is 57.5 Å². The molecule has 3 aliphatic rings. The van der Waals surface area contributed by atoms with Gasteiger partial charge in [-0.2, -0.15) is 0 Å². The number of aliphatic hydroxyl groups excluding tert-OH is 4. The molecule has 0 saturated carbocycles. The van der Waals surface area contributed by atoms with Crippen LogP contribution in [-0.2, 0) is 43.1 Å². The highest BCUT2D eigenvalue weighted by atomic mass is 32.2. The number of hydrogen-bond acceptors (Lipinski definition) is 31. The van der Waals surface area contributed by atoms with Crippen molar-refractivity contribution in [2.45, 2.75) is 185 Å². The molecule has 6 heterocycles. The van der Waals surface area contributed by atoms with E-state index in [4.69, 9.17) is 30.8 Å². The molecule has 0 aromatic carbocycles. The third kappa shape index (κ3) is 22.0. The predicted molar refractivity (Wildman–Crippen MR) is 419 cm³/mol. The largest absolute Gasteiger partial charge is 0.456 e. The van der Waals surface area contributed by atoms with Gasteiger partial charge in [0.25, 0.3) is 29.5 Å². The molecule has 0 spiro atoms. The van der Waals surface area contributed by atoms with Crippen LogP contribution >= 0.6 is 57.5 Å². The minimum Gasteiger partial charge on any atom is -0.456 e. The Kier molecular flexibility index (Phi) is 31.3. The van der Waals surface area contributed by atoms with Gasteiger partial charge in [0.15, 0.2) is 0 Å². The summed E-state index contributed by atoms with van der Waals surface area (Å²) in [7, 11) is 1.62. The number of likely N-dealkylation sites (N-methyl/N-ethyl adjacent to an activating group) is 1. The van der Waals surface area contributed by atoms with Crippen LogP contribution in [0.15, 0.2) is 86.9 Å². The lowest BCUT2D eigenvalue weighted by Gasteiger charge is -2.35. The van der Waals surface area contributed by atoms with E-state index >= 15 is 0 Å². The Morgan fingerprint density at radius 2 is 1.48 bits per heavy atom. The van der Waals surface area contributed by atoms with Crippen LogP contribution in [0.2, 0.25) is 0 Å². The van der Waals surface area contributed by atoms with Crippen LogP contribution in [0, 0.1) is 11.3 Å². The molecule has 7 rings (SSSR count). The summed E-state index contributed by atoms with van der Waals surface area (Å²) in [5.41, 5.74) is 3.01. The summed E-state index contributed by atoms with van der Waals surface area (Å²) >= 11 is 5.47. The number of carbonyl (C=O) groups excluding carboxylic acids is 11. The maximum absolute atomic E-state index is 14.4. The highest BCUT2D eigenvalue weighted by Crippen LogP contribution is 2.44. The molecule has 0 radical (unpaired) electrons. The van der Waals surface area contributed by atoms with E-state index in [0.29, 0.717) is 51.1 Å². The highest BCUT2D eigenvalue weighted by Gasteiger charge is 2.44. The van der Waals surface area contributed by atoms with Crippen molar-refractivity contribution in [3.8, 4) is 0 Å². The summed E-state index contributed by atoms with van der Waals surface area (Å²) in [5.74, 6) is -9.18. The molecular formula is C71H92N18O17S5. The van der Waals surface area contributed by atoms with E-state index in [9.17, 15) is 78.3 Å². The van der Waals surface area contributed by atoms with Crippen molar-refractivity contribution in [2.24, 2.45) is 21.6 Å². The second kappa shape index (κ2) is 39.1. The molecule has 0 bridgehead atoms. The number of rotatable bonds is 36. The van der Waals surface area contributed by atoms with Crippen molar-refractivity contribution in [3.63, 3.8) is 0 Å². The van der Waals surface area contributed by atoms with Gasteiger partial charge in [-0.3, -0.25) is 63.9 Å². The minimum atomic E-state index is -1.91. The molecule has 40 heteroatoms. The average molecular weight is 1630 g/mol. The maximum atomic E-state index is 14.4. The first-order valence-electron chi connectivity index (χ1n) is 34.8. The number of fused-ring (bicyclic) bond motifs is 1. The monoisotopic (exact) mass is 1630 g/mol. The molecule has 9 amide bonds. The van der Waals surface area contributed by atoms with Crippen LogP contribution in [-0.4, -0.2) is 212 Å². The Morgan fingerprint density at radius 3 is 2.10 bits per heavy atom. The molecule has 2 unspecified atom stereocenters. The van der Waals surface area contributed by atoms with Gasteiger partial charge in [-0.05, 0) is 99.1 Å². The van der Waals surface area contributed by atoms with Gasteiger partial charge in [0.1, 0.15) is 86.4 Å². The number of thiazole rings is 3. The zero-order chi connectivity index (χ0) is 82.4. The molecule has 2 aliphatic heterocycles. The number of esters is 1. The van der Waals surface area contributed by atoms with Gasteiger partial charge in [-0.25, -0.2) is 24.7 Å². The van der Waals surface area contributed by atoms with E-state index in [-0.39, 0.29) is 62.0 Å². The van der Waals surface area contributed by atoms with Crippen molar-refractivity contribution in [1.82, 2.24) is 73.1 Å². The fourth-order valence-electron chi connectivity index (χ4n) is 11.3. The molecule has 18 N–H and O–H groups in total. The minimum absolute atomic E-state index is 0.0255. The average Bonchev–Trinajstić information content (AvgIpc) is 1.50. The van der Waals surface area contributed by atoms with Crippen molar-refractivity contribution < 1.29 is 83.0 Å². The number of carbonyl (C=O) groups is 11. The van der Waals surface area contributed by atoms with Gasteiger partial charge < -0.3 is 88.6 Å². The number of aliphatic hydroxyl groups is 5. The van der Waals surface area contributed by atoms with E-state index in [1.165, 1.54) is 75.8 Å². The van der Waals surface area contributed by atoms with Crippen molar-refractivity contribution in [2.75, 3.05) is 19.1 Å². The van der Waals surface area contributed by atoms with Crippen molar-refractivity contribution >= 4 is 145 Å². The first-order chi connectivity index (χ1) is 52.3. The standard InChI is InChI=1S/C71H92N18O17S5/c1-16-28(3)49(64(102)79-33(8)60(98)77-31(6)58(96)75-29(4)23-90)80-42-20-18-38-40(34(9)91)22-44(82-53(38)54(42)94)70(104)106-36(11)51(74-14)69-84-45(24-111-69)52-39(19-21-43(81-52)68-87-46(26-110-68)61(99)78-32(7)59(97)76-30(5)56(72)95)66-85-47(25-108-66)62(100)88-50(35(10)92)65(103)83-41(17-2)67-86-48(27-109-67)63(101)89-55(57(73)107-15)71(13,105)37(12)93/h17-18,20,22-26,28-29,33-37,39,42,48-52,54-55,73-74,80,91-94,105H,5-7,16,19,21,27H2,1-4,8-15H3,(H2,72,95)(H,75,96)(H,76,97)(H,77,98)(H,78,99)(H,79,102)(H,83,103)(H,88,100)(H,89,101)/b41-17-,73-57?/t28-,29-,33-,34-,35+,36+,37+,39?,42+,48+,49-,50-,51-,52-,54-,55?,71+/m0/s1. The molecular weight excluding hydrogens is 1540 g/mol. The number of aromatic nitrogens is 4. The zero-order valence-electron chi connectivity index (χ0n) is 62.7. The first kappa shape index (κ1) is 88.8. The summed E-state index contributed by atoms with van der Waals surface area (Å²) in [5, 5.41) is 95.8. The molecule has 0 saturated heterocycles. The van der Waals surface area contributed by atoms with Crippen LogP contribution in [0.4, 0.5) is 0 Å². The zero-order valence-corrected chi connectivity index (χ0v) is 66.8. The molecule has 4 aromatic rings. The Labute approximate surface area is 659 Å². The molecule has 1 aliphatic carbocycles. The van der Waals surface area contributed by atoms with Crippen molar-refractivity contribution in [1.29, 1.82) is 5.41 Å². The second-order valence-electron chi connectivity index (χ2n) is 26.6. The van der Waals surface area contributed by atoms with E-state index in [1.54, 1.807) is 51.6 Å². The number of nitrogens with zero attached hydrogens (tertiary/aromatic N) is 6. The number of aliphatic imine (C=N–C) groups is 2. The number of allylic oxidation sites excluding steroid dienone is 1. The van der Waals surface area contributed by atoms with Crippen LogP contribution < -0.4 is 58.9 Å². The fourth-order valence-corrected chi connectivity index (χ4v) is 15.8. The maximum Gasteiger partial charge on any atom is 0.357 e. The number of primary amides is 1. The fraction of sp³-hybridized carbons (Fsp3) is 0.465. The van der Waals surface area contributed by atoms with Gasteiger partial charge in [0, 0.05) is 33.4 Å².